The molecule has 2 heteroatoms. The molecule has 1 nitrogen and oxygen atoms in total. The van der Waals surface area contributed by atoms with Gasteiger partial charge in [-0.1, -0.05) is 24.3 Å². The number of hydrogen-bond donors (Lipinski definition) is 0. The summed E-state index contributed by atoms with van der Waals surface area (Å²) in [4.78, 5) is 0. The first kappa shape index (κ1) is 35.8. The van der Waals surface area contributed by atoms with Crippen LogP contribution in [-0.2, 0) is 0 Å². The van der Waals surface area contributed by atoms with E-state index in [4.69, 9.17) is 4.42 Å². The van der Waals surface area contributed by atoms with Crippen molar-refractivity contribution in [3.05, 3.63) is 218 Å². The zero-order chi connectivity index (χ0) is 41.9. The molecule has 0 spiro atoms. The standard InChI is InChI=1S/C62H36OSe/c1-2-16-37(17-3-1)57-41-20-6-10-24-45(41)59(46-25-11-7-21-42(46)57)49-28-15-31-56-61(49)51-30-14-29-50(62(51)64-56)60-47-26-12-8-22-43(47)58(44-23-9-13-27-48(44)60)40-32-33-54-52(35-40)53-34-38-18-4-5-19-39(38)36-55(53)63-54/h1-36H. The summed E-state index contributed by atoms with van der Waals surface area (Å²) in [6.07, 6.45) is 0. The molecular weight excluding hydrogens is 840 g/mol. The predicted molar refractivity (Wildman–Crippen MR) is 275 cm³/mol. The molecule has 0 saturated carbocycles. The topological polar surface area (TPSA) is 13.1 Å². The van der Waals surface area contributed by atoms with E-state index in [1.54, 1.807) is 0 Å². The summed E-state index contributed by atoms with van der Waals surface area (Å²) in [6.45, 7) is 0. The fraction of sp³-hybridized carbons (Fsp3) is 0. The molecule has 296 valence electrons. The monoisotopic (exact) mass is 876 g/mol. The van der Waals surface area contributed by atoms with Crippen LogP contribution in [0.4, 0.5) is 0 Å². The van der Waals surface area contributed by atoms with Crippen molar-refractivity contribution in [2.75, 3.05) is 0 Å². The Morgan fingerprint density at radius 1 is 0.281 bits per heavy atom. The molecule has 0 unspecified atom stereocenters. The number of furan rings is 1. The van der Waals surface area contributed by atoms with Crippen molar-refractivity contribution in [3.8, 4) is 44.5 Å². The number of rotatable bonds is 4. The van der Waals surface area contributed by atoms with Crippen LogP contribution in [0.2, 0.25) is 0 Å². The fourth-order valence-corrected chi connectivity index (χ4v) is 13.6. The molecule has 0 aliphatic rings. The molecule has 0 atom stereocenters. The Kier molecular flexibility index (Phi) is 7.77. The summed E-state index contributed by atoms with van der Waals surface area (Å²) in [5, 5.41) is 17.6. The summed E-state index contributed by atoms with van der Waals surface area (Å²) in [6, 6.07) is 80.9. The number of benzene rings is 12. The van der Waals surface area contributed by atoms with Gasteiger partial charge in [0.1, 0.15) is 0 Å². The molecule has 14 rings (SSSR count). The van der Waals surface area contributed by atoms with E-state index in [-0.39, 0.29) is 14.5 Å². The van der Waals surface area contributed by atoms with Gasteiger partial charge in [-0.15, -0.1) is 0 Å². The van der Waals surface area contributed by atoms with E-state index in [9.17, 15) is 0 Å². The quantitative estimate of drug-likeness (QED) is 0.127. The third kappa shape index (κ3) is 5.19. The average Bonchev–Trinajstić information content (AvgIpc) is 3.92. The van der Waals surface area contributed by atoms with Crippen molar-refractivity contribution < 1.29 is 4.42 Å². The van der Waals surface area contributed by atoms with E-state index in [0.717, 1.165) is 21.9 Å². The zero-order valence-corrected chi connectivity index (χ0v) is 36.3. The van der Waals surface area contributed by atoms with Crippen LogP contribution in [0.15, 0.2) is 223 Å². The first-order valence-electron chi connectivity index (χ1n) is 22.0. The number of fused-ring (bicyclic) bond motifs is 11. The van der Waals surface area contributed by atoms with E-state index in [2.05, 4.69) is 218 Å². The summed E-state index contributed by atoms with van der Waals surface area (Å²) in [5.74, 6) is 0. The predicted octanol–water partition coefficient (Wildman–Crippen LogP) is 17.4. The van der Waals surface area contributed by atoms with Crippen LogP contribution in [0.3, 0.4) is 0 Å². The molecule has 2 aromatic heterocycles. The zero-order valence-electron chi connectivity index (χ0n) is 34.6. The van der Waals surface area contributed by atoms with Gasteiger partial charge < -0.3 is 0 Å². The van der Waals surface area contributed by atoms with Gasteiger partial charge in [0, 0.05) is 0 Å². The van der Waals surface area contributed by atoms with Crippen LogP contribution in [0, 0.1) is 0 Å². The SMILES string of the molecule is c1ccc(-c2c3ccccc3c(-c3cccc4[se]c5c(-c6c7ccccc7c(-c7ccc8oc9cc%10ccccc%10cc9c8c7)c7ccccc67)cccc5c34)c3ccccc23)cc1. The van der Waals surface area contributed by atoms with Gasteiger partial charge in [-0.05, 0) is 5.39 Å². The molecule has 0 radical (unpaired) electrons. The average molecular weight is 876 g/mol. The summed E-state index contributed by atoms with van der Waals surface area (Å²) < 4.78 is 9.37. The molecule has 0 fully saturated rings. The molecule has 0 saturated heterocycles. The van der Waals surface area contributed by atoms with Gasteiger partial charge in [0.05, 0.1) is 0 Å². The normalized spacial score (nSPS) is 12.1. The maximum atomic E-state index is 6.48. The Hall–Kier alpha value is -7.74. The fourth-order valence-electron chi connectivity index (χ4n) is 10.9. The van der Waals surface area contributed by atoms with Gasteiger partial charge in [0.2, 0.25) is 0 Å². The van der Waals surface area contributed by atoms with Crippen LogP contribution in [0.1, 0.15) is 0 Å². The Morgan fingerprint density at radius 3 is 1.38 bits per heavy atom. The van der Waals surface area contributed by atoms with E-state index < -0.39 is 0 Å². The van der Waals surface area contributed by atoms with Gasteiger partial charge >= 0.3 is 347 Å². The van der Waals surface area contributed by atoms with Gasteiger partial charge in [0.25, 0.3) is 0 Å². The van der Waals surface area contributed by atoms with Crippen molar-refractivity contribution in [3.63, 3.8) is 0 Å². The third-order valence-electron chi connectivity index (χ3n) is 13.6. The maximum absolute atomic E-state index is 6.48. The molecule has 2 heterocycles. The summed E-state index contributed by atoms with van der Waals surface area (Å²) in [7, 11) is 0. The molecule has 0 bridgehead atoms. The van der Waals surface area contributed by atoms with E-state index >= 15 is 0 Å². The molecule has 0 aliphatic heterocycles. The molecule has 14 aromatic rings. The second-order valence-corrected chi connectivity index (χ2v) is 19.2. The molecular formula is C62H36OSe. The minimum absolute atomic E-state index is 0.0886. The molecule has 0 aliphatic carbocycles. The van der Waals surface area contributed by atoms with Crippen molar-refractivity contribution >= 4 is 110 Å². The summed E-state index contributed by atoms with van der Waals surface area (Å²) >= 11 is 0.0886. The molecule has 12 aromatic carbocycles. The molecule has 0 N–H and O–H groups in total. The molecule has 0 amide bonds. The summed E-state index contributed by atoms with van der Waals surface area (Å²) in [5.41, 5.74) is 12.1. The Labute approximate surface area is 374 Å². The van der Waals surface area contributed by atoms with Crippen LogP contribution in [0.25, 0.3) is 140 Å². The Morgan fingerprint density at radius 2 is 0.750 bits per heavy atom. The number of hydrogen-bond acceptors (Lipinski definition) is 1. The third-order valence-corrected chi connectivity index (χ3v) is 16.1. The van der Waals surface area contributed by atoms with Crippen molar-refractivity contribution in [1.29, 1.82) is 0 Å². The van der Waals surface area contributed by atoms with Crippen molar-refractivity contribution in [1.82, 2.24) is 0 Å². The van der Waals surface area contributed by atoms with Gasteiger partial charge in [0.15, 0.2) is 0 Å². The van der Waals surface area contributed by atoms with Crippen LogP contribution < -0.4 is 0 Å². The van der Waals surface area contributed by atoms with Gasteiger partial charge in [-0.2, -0.15) is 0 Å². The second kappa shape index (κ2) is 13.9. The first-order valence-corrected chi connectivity index (χ1v) is 23.7. The van der Waals surface area contributed by atoms with Crippen LogP contribution >= 0.6 is 0 Å². The van der Waals surface area contributed by atoms with Gasteiger partial charge in [-0.3, -0.25) is 0 Å². The second-order valence-electron chi connectivity index (χ2n) is 17.0. The Balaban J connectivity index is 1.02. The van der Waals surface area contributed by atoms with Crippen molar-refractivity contribution in [2.45, 2.75) is 0 Å². The van der Waals surface area contributed by atoms with Crippen LogP contribution in [-0.4, -0.2) is 14.5 Å². The first-order chi connectivity index (χ1) is 31.8. The van der Waals surface area contributed by atoms with E-state index in [1.165, 1.54) is 118 Å². The van der Waals surface area contributed by atoms with Crippen LogP contribution in [0.5, 0.6) is 0 Å². The Bertz CT molecular complexity index is 4130. The molecule has 64 heavy (non-hydrogen) atoms. The van der Waals surface area contributed by atoms with E-state index in [0.29, 0.717) is 0 Å². The van der Waals surface area contributed by atoms with E-state index in [1.807, 2.05) is 0 Å². The van der Waals surface area contributed by atoms with Gasteiger partial charge in [-0.25, -0.2) is 0 Å². The minimum atomic E-state index is 0.0886. The van der Waals surface area contributed by atoms with Crippen molar-refractivity contribution in [2.24, 2.45) is 0 Å².